The fourth-order valence-corrected chi connectivity index (χ4v) is 2.53. The quantitative estimate of drug-likeness (QED) is 0.902. The molecular formula is C16H22BrNO2. The second kappa shape index (κ2) is 6.19. The van der Waals surface area contributed by atoms with E-state index < -0.39 is 0 Å². The van der Waals surface area contributed by atoms with Crippen LogP contribution >= 0.6 is 15.9 Å². The van der Waals surface area contributed by atoms with Gasteiger partial charge >= 0.3 is 0 Å². The molecule has 0 saturated heterocycles. The Morgan fingerprint density at radius 3 is 2.70 bits per heavy atom. The van der Waals surface area contributed by atoms with Crippen molar-refractivity contribution in [1.82, 2.24) is 5.32 Å². The Morgan fingerprint density at radius 2 is 2.00 bits per heavy atom. The first kappa shape index (κ1) is 15.4. The number of benzene rings is 1. The van der Waals surface area contributed by atoms with Crippen molar-refractivity contribution in [2.75, 3.05) is 19.8 Å². The minimum atomic E-state index is 0.127. The fraction of sp³-hybridized carbons (Fsp3) is 0.500. The average Bonchev–Trinajstić information content (AvgIpc) is 2.36. The highest BCUT2D eigenvalue weighted by atomic mass is 79.9. The first-order valence-corrected chi connectivity index (χ1v) is 7.66. The Labute approximate surface area is 129 Å². The van der Waals surface area contributed by atoms with E-state index in [9.17, 15) is 0 Å². The number of hydrogen-bond donors (Lipinski definition) is 1. The van der Waals surface area contributed by atoms with Gasteiger partial charge in [0.1, 0.15) is 13.2 Å². The van der Waals surface area contributed by atoms with Crippen LogP contribution in [-0.2, 0) is 0 Å². The molecule has 0 atom stereocenters. The van der Waals surface area contributed by atoms with Gasteiger partial charge in [0.25, 0.3) is 0 Å². The Morgan fingerprint density at radius 1 is 1.30 bits per heavy atom. The standard InChI is InChI=1S/C16H22BrNO2/c1-11(10-18-16(2,3)4)7-12-8-13(17)15-14(9-12)19-5-6-20-15/h7-9,18H,5-6,10H2,1-4H3. The number of fused-ring (bicyclic) bond motifs is 1. The third-order valence-electron chi connectivity index (χ3n) is 2.93. The molecule has 0 aromatic heterocycles. The molecule has 0 unspecified atom stereocenters. The molecular weight excluding hydrogens is 318 g/mol. The summed E-state index contributed by atoms with van der Waals surface area (Å²) < 4.78 is 12.2. The topological polar surface area (TPSA) is 30.5 Å². The van der Waals surface area contributed by atoms with Crippen LogP contribution in [0.4, 0.5) is 0 Å². The van der Waals surface area contributed by atoms with Crippen molar-refractivity contribution in [3.8, 4) is 11.5 Å². The van der Waals surface area contributed by atoms with Gasteiger partial charge in [-0.1, -0.05) is 11.6 Å². The molecule has 0 bridgehead atoms. The summed E-state index contributed by atoms with van der Waals surface area (Å²) in [5.74, 6) is 1.62. The van der Waals surface area contributed by atoms with E-state index in [1.165, 1.54) is 5.57 Å². The van der Waals surface area contributed by atoms with Gasteiger partial charge in [-0.25, -0.2) is 0 Å². The van der Waals surface area contributed by atoms with Gasteiger partial charge in [-0.2, -0.15) is 0 Å². The lowest BCUT2D eigenvalue weighted by Gasteiger charge is -2.21. The SMILES string of the molecule is CC(=Cc1cc(Br)c2c(c1)OCCO2)CNC(C)(C)C. The van der Waals surface area contributed by atoms with Gasteiger partial charge < -0.3 is 14.8 Å². The van der Waals surface area contributed by atoms with Crippen LogP contribution < -0.4 is 14.8 Å². The smallest absolute Gasteiger partial charge is 0.175 e. The Hall–Kier alpha value is -1.00. The van der Waals surface area contributed by atoms with E-state index in [4.69, 9.17) is 9.47 Å². The zero-order valence-electron chi connectivity index (χ0n) is 12.5. The van der Waals surface area contributed by atoms with Crippen LogP contribution in [0.15, 0.2) is 22.2 Å². The third-order valence-corrected chi connectivity index (χ3v) is 3.52. The van der Waals surface area contributed by atoms with Gasteiger partial charge in [-0.05, 0) is 61.3 Å². The first-order valence-electron chi connectivity index (χ1n) is 6.86. The van der Waals surface area contributed by atoms with Crippen LogP contribution in [0.25, 0.3) is 6.08 Å². The van der Waals surface area contributed by atoms with Crippen molar-refractivity contribution in [3.05, 3.63) is 27.7 Å². The summed E-state index contributed by atoms with van der Waals surface area (Å²) in [6, 6.07) is 4.09. The lowest BCUT2D eigenvalue weighted by atomic mass is 10.1. The summed E-state index contributed by atoms with van der Waals surface area (Å²) in [5, 5.41) is 3.48. The molecule has 4 heteroatoms. The molecule has 0 radical (unpaired) electrons. The Balaban J connectivity index is 2.15. The molecule has 110 valence electrons. The van der Waals surface area contributed by atoms with Crippen molar-refractivity contribution in [1.29, 1.82) is 0 Å². The molecule has 0 fully saturated rings. The maximum Gasteiger partial charge on any atom is 0.175 e. The summed E-state index contributed by atoms with van der Waals surface area (Å²) in [7, 11) is 0. The zero-order valence-corrected chi connectivity index (χ0v) is 14.1. The van der Waals surface area contributed by atoms with Gasteiger partial charge in [0.05, 0.1) is 4.47 Å². The van der Waals surface area contributed by atoms with Gasteiger partial charge in [0, 0.05) is 12.1 Å². The third kappa shape index (κ3) is 4.25. The second-order valence-corrected chi connectivity index (χ2v) is 6.98. The molecule has 0 amide bonds. The molecule has 3 nitrogen and oxygen atoms in total. The van der Waals surface area contributed by atoms with Gasteiger partial charge in [-0.3, -0.25) is 0 Å². The summed E-state index contributed by atoms with van der Waals surface area (Å²) >= 11 is 3.54. The predicted octanol–water partition coefficient (Wildman–Crippen LogP) is 4.01. The largest absolute Gasteiger partial charge is 0.486 e. The van der Waals surface area contributed by atoms with Gasteiger partial charge in [0.15, 0.2) is 11.5 Å². The second-order valence-electron chi connectivity index (χ2n) is 6.12. The Kier molecular flexibility index (Phi) is 4.76. The van der Waals surface area contributed by atoms with E-state index in [0.29, 0.717) is 13.2 Å². The summed E-state index contributed by atoms with van der Waals surface area (Å²) in [6.07, 6.45) is 2.17. The summed E-state index contributed by atoms with van der Waals surface area (Å²) in [5.41, 5.74) is 2.53. The van der Waals surface area contributed by atoms with Crippen molar-refractivity contribution in [2.45, 2.75) is 33.2 Å². The van der Waals surface area contributed by atoms with Crippen molar-refractivity contribution in [3.63, 3.8) is 0 Å². The summed E-state index contributed by atoms with van der Waals surface area (Å²) in [6.45, 7) is 10.7. The minimum Gasteiger partial charge on any atom is -0.486 e. The van der Waals surface area contributed by atoms with Crippen molar-refractivity contribution >= 4 is 22.0 Å². The molecule has 0 spiro atoms. The van der Waals surface area contributed by atoms with Crippen LogP contribution in [0, 0.1) is 0 Å². The summed E-state index contributed by atoms with van der Waals surface area (Å²) in [4.78, 5) is 0. The van der Waals surface area contributed by atoms with Crippen molar-refractivity contribution < 1.29 is 9.47 Å². The lowest BCUT2D eigenvalue weighted by Crippen LogP contribution is -2.36. The van der Waals surface area contributed by atoms with Gasteiger partial charge in [-0.15, -0.1) is 0 Å². The lowest BCUT2D eigenvalue weighted by molar-refractivity contribution is 0.170. The maximum atomic E-state index is 5.64. The molecule has 0 saturated carbocycles. The fourth-order valence-electron chi connectivity index (χ4n) is 1.95. The van der Waals surface area contributed by atoms with Crippen LogP contribution in [0.1, 0.15) is 33.3 Å². The molecule has 20 heavy (non-hydrogen) atoms. The van der Waals surface area contributed by atoms with E-state index in [1.807, 2.05) is 6.07 Å². The maximum absolute atomic E-state index is 5.64. The molecule has 1 aromatic carbocycles. The van der Waals surface area contributed by atoms with E-state index in [2.05, 4.69) is 61.1 Å². The molecule has 1 heterocycles. The Bertz CT molecular complexity index is 518. The normalized spacial score (nSPS) is 15.3. The van der Waals surface area contributed by atoms with E-state index >= 15 is 0 Å². The van der Waals surface area contributed by atoms with E-state index in [1.54, 1.807) is 0 Å². The highest BCUT2D eigenvalue weighted by Crippen LogP contribution is 2.38. The average molecular weight is 340 g/mol. The van der Waals surface area contributed by atoms with Crippen LogP contribution in [-0.4, -0.2) is 25.3 Å². The highest BCUT2D eigenvalue weighted by Gasteiger charge is 2.16. The van der Waals surface area contributed by atoms with E-state index in [0.717, 1.165) is 28.1 Å². The number of nitrogens with one attached hydrogen (secondary N) is 1. The van der Waals surface area contributed by atoms with Crippen molar-refractivity contribution in [2.24, 2.45) is 0 Å². The number of halogens is 1. The molecule has 1 aromatic rings. The number of hydrogen-bond acceptors (Lipinski definition) is 3. The first-order chi connectivity index (χ1) is 9.35. The predicted molar refractivity (Wildman–Crippen MR) is 86.5 cm³/mol. The zero-order chi connectivity index (χ0) is 14.8. The number of rotatable bonds is 3. The number of ether oxygens (including phenoxy) is 2. The molecule has 0 aliphatic carbocycles. The van der Waals surface area contributed by atoms with Crippen LogP contribution in [0.2, 0.25) is 0 Å². The van der Waals surface area contributed by atoms with Gasteiger partial charge in [0.2, 0.25) is 0 Å². The highest BCUT2D eigenvalue weighted by molar-refractivity contribution is 9.10. The molecule has 1 N–H and O–H groups in total. The van der Waals surface area contributed by atoms with Crippen LogP contribution in [0.5, 0.6) is 11.5 Å². The molecule has 2 rings (SSSR count). The van der Waals surface area contributed by atoms with Crippen LogP contribution in [0.3, 0.4) is 0 Å². The minimum absolute atomic E-state index is 0.127. The molecule has 1 aliphatic heterocycles. The van der Waals surface area contributed by atoms with E-state index in [-0.39, 0.29) is 5.54 Å². The monoisotopic (exact) mass is 339 g/mol. The molecule has 1 aliphatic rings.